The van der Waals surface area contributed by atoms with Crippen molar-refractivity contribution in [2.45, 2.75) is 39.0 Å². The van der Waals surface area contributed by atoms with Gasteiger partial charge >= 0.3 is 5.97 Å². The van der Waals surface area contributed by atoms with Crippen LogP contribution in [-0.2, 0) is 9.59 Å². The normalized spacial score (nSPS) is 9.55. The molecule has 0 unspecified atom stereocenters. The third-order valence-corrected chi connectivity index (χ3v) is 1.50. The topological polar surface area (TPSA) is 54.4 Å². The molecule has 0 aliphatic rings. The number of carbonyl (C=O) groups excluding carboxylic acids is 1. The lowest BCUT2D eigenvalue weighted by atomic mass is 10.1. The molecule has 0 aromatic rings. The molecule has 0 aromatic heterocycles. The second-order valence-corrected chi connectivity index (χ2v) is 2.54. The first kappa shape index (κ1) is 10.1. The van der Waals surface area contributed by atoms with Gasteiger partial charge in [-0.15, -0.1) is 0 Å². The molecule has 0 saturated heterocycles. The van der Waals surface area contributed by atoms with E-state index < -0.39 is 11.8 Å². The zero-order chi connectivity index (χ0) is 8.69. The SMILES string of the molecule is CCCCCCC(=O)C(=O)O. The second kappa shape index (κ2) is 5.89. The van der Waals surface area contributed by atoms with Crippen LogP contribution >= 0.6 is 0 Å². The zero-order valence-electron chi connectivity index (χ0n) is 6.80. The number of unbranched alkanes of at least 4 members (excludes halogenated alkanes) is 3. The van der Waals surface area contributed by atoms with Gasteiger partial charge in [-0.3, -0.25) is 4.79 Å². The largest absolute Gasteiger partial charge is 0.476 e. The molecule has 0 aliphatic carbocycles. The molecule has 1 N–H and O–H groups in total. The van der Waals surface area contributed by atoms with E-state index >= 15 is 0 Å². The molecule has 11 heavy (non-hydrogen) atoms. The van der Waals surface area contributed by atoms with Crippen LogP contribution in [0.5, 0.6) is 0 Å². The van der Waals surface area contributed by atoms with E-state index in [2.05, 4.69) is 6.92 Å². The van der Waals surface area contributed by atoms with Gasteiger partial charge in [0.15, 0.2) is 0 Å². The summed E-state index contributed by atoms with van der Waals surface area (Å²) in [4.78, 5) is 20.5. The molecule has 0 spiro atoms. The summed E-state index contributed by atoms with van der Waals surface area (Å²) < 4.78 is 0. The van der Waals surface area contributed by atoms with E-state index in [0.29, 0.717) is 6.42 Å². The molecule has 0 bridgehead atoms. The monoisotopic (exact) mass is 158 g/mol. The molecule has 0 saturated carbocycles. The Morgan fingerprint density at radius 2 is 1.82 bits per heavy atom. The van der Waals surface area contributed by atoms with Crippen molar-refractivity contribution < 1.29 is 14.7 Å². The van der Waals surface area contributed by atoms with Gasteiger partial charge in [0.1, 0.15) is 0 Å². The van der Waals surface area contributed by atoms with Crippen LogP contribution in [0.2, 0.25) is 0 Å². The summed E-state index contributed by atoms with van der Waals surface area (Å²) in [7, 11) is 0. The van der Waals surface area contributed by atoms with Crippen molar-refractivity contribution in [3.05, 3.63) is 0 Å². The average Bonchev–Trinajstić information content (AvgIpc) is 1.97. The van der Waals surface area contributed by atoms with Gasteiger partial charge in [-0.25, -0.2) is 4.79 Å². The van der Waals surface area contributed by atoms with Crippen LogP contribution in [0.15, 0.2) is 0 Å². The quantitative estimate of drug-likeness (QED) is 0.472. The lowest BCUT2D eigenvalue weighted by Gasteiger charge is -1.94. The van der Waals surface area contributed by atoms with Gasteiger partial charge in [0, 0.05) is 6.42 Å². The fourth-order valence-electron chi connectivity index (χ4n) is 0.819. The Morgan fingerprint density at radius 1 is 1.18 bits per heavy atom. The number of ketones is 1. The maximum absolute atomic E-state index is 10.5. The molecule has 0 radical (unpaired) electrons. The predicted octanol–water partition coefficient (Wildman–Crippen LogP) is 1.61. The molecular weight excluding hydrogens is 144 g/mol. The molecule has 0 amide bonds. The van der Waals surface area contributed by atoms with Gasteiger partial charge in [0.25, 0.3) is 0 Å². The number of carboxylic acid groups (broad SMARTS) is 1. The highest BCUT2D eigenvalue weighted by molar-refractivity contribution is 6.32. The van der Waals surface area contributed by atoms with E-state index in [4.69, 9.17) is 5.11 Å². The Labute approximate surface area is 66.4 Å². The molecule has 0 aromatic carbocycles. The number of hydrogen-bond acceptors (Lipinski definition) is 2. The molecular formula is C8H14O3. The Hall–Kier alpha value is -0.860. The van der Waals surface area contributed by atoms with Crippen molar-refractivity contribution in [1.29, 1.82) is 0 Å². The minimum Gasteiger partial charge on any atom is -0.476 e. The van der Waals surface area contributed by atoms with Crippen LogP contribution in [0.4, 0.5) is 0 Å². The molecule has 3 heteroatoms. The summed E-state index contributed by atoms with van der Waals surface area (Å²) >= 11 is 0. The molecule has 64 valence electrons. The van der Waals surface area contributed by atoms with E-state index in [1.165, 1.54) is 0 Å². The molecule has 0 aliphatic heterocycles. The lowest BCUT2D eigenvalue weighted by molar-refractivity contribution is -0.149. The molecule has 0 heterocycles. The maximum Gasteiger partial charge on any atom is 0.372 e. The smallest absolute Gasteiger partial charge is 0.372 e. The maximum atomic E-state index is 10.5. The van der Waals surface area contributed by atoms with E-state index in [1.807, 2.05) is 0 Å². The summed E-state index contributed by atoms with van der Waals surface area (Å²) in [5.41, 5.74) is 0. The van der Waals surface area contributed by atoms with Gasteiger partial charge in [0.05, 0.1) is 0 Å². The molecule has 0 atom stereocenters. The standard InChI is InChI=1S/C8H14O3/c1-2-3-4-5-6-7(9)8(10)11/h2-6H2,1H3,(H,10,11). The van der Waals surface area contributed by atoms with Crippen LogP contribution < -0.4 is 0 Å². The second-order valence-electron chi connectivity index (χ2n) is 2.54. The Balaban J connectivity index is 3.25. The molecule has 3 nitrogen and oxygen atoms in total. The van der Waals surface area contributed by atoms with Gasteiger partial charge in [-0.1, -0.05) is 26.2 Å². The Bertz CT molecular complexity index is 140. The Kier molecular flexibility index (Phi) is 5.43. The van der Waals surface area contributed by atoms with Crippen molar-refractivity contribution in [2.24, 2.45) is 0 Å². The minimum atomic E-state index is -1.30. The Morgan fingerprint density at radius 3 is 2.27 bits per heavy atom. The van der Waals surface area contributed by atoms with E-state index in [0.717, 1.165) is 19.3 Å². The van der Waals surface area contributed by atoms with Gasteiger partial charge in [-0.05, 0) is 6.42 Å². The highest BCUT2D eigenvalue weighted by Crippen LogP contribution is 2.02. The van der Waals surface area contributed by atoms with E-state index in [9.17, 15) is 9.59 Å². The third-order valence-electron chi connectivity index (χ3n) is 1.50. The number of carbonyl (C=O) groups is 2. The van der Waals surface area contributed by atoms with Crippen molar-refractivity contribution in [3.8, 4) is 0 Å². The number of hydrogen-bond donors (Lipinski definition) is 1. The minimum absolute atomic E-state index is 0.190. The highest BCUT2D eigenvalue weighted by atomic mass is 16.4. The first-order chi connectivity index (χ1) is 5.18. The van der Waals surface area contributed by atoms with Crippen molar-refractivity contribution in [1.82, 2.24) is 0 Å². The van der Waals surface area contributed by atoms with E-state index in [-0.39, 0.29) is 6.42 Å². The highest BCUT2D eigenvalue weighted by Gasteiger charge is 2.09. The van der Waals surface area contributed by atoms with Gasteiger partial charge in [0.2, 0.25) is 5.78 Å². The summed E-state index contributed by atoms with van der Waals surface area (Å²) in [6.07, 6.45) is 4.03. The summed E-state index contributed by atoms with van der Waals surface area (Å²) in [6, 6.07) is 0. The van der Waals surface area contributed by atoms with Crippen LogP contribution in [0, 0.1) is 0 Å². The van der Waals surface area contributed by atoms with Crippen LogP contribution in [-0.4, -0.2) is 16.9 Å². The van der Waals surface area contributed by atoms with Gasteiger partial charge < -0.3 is 5.11 Å². The van der Waals surface area contributed by atoms with Crippen molar-refractivity contribution in [3.63, 3.8) is 0 Å². The first-order valence-electron chi connectivity index (χ1n) is 3.94. The number of aliphatic carboxylic acids is 1. The fraction of sp³-hybridized carbons (Fsp3) is 0.750. The van der Waals surface area contributed by atoms with E-state index in [1.54, 1.807) is 0 Å². The number of rotatable bonds is 6. The van der Waals surface area contributed by atoms with Crippen LogP contribution in [0.1, 0.15) is 39.0 Å². The summed E-state index contributed by atoms with van der Waals surface area (Å²) in [5, 5.41) is 8.19. The predicted molar refractivity (Wildman–Crippen MR) is 41.4 cm³/mol. The van der Waals surface area contributed by atoms with Crippen molar-refractivity contribution in [2.75, 3.05) is 0 Å². The molecule has 0 rings (SSSR count). The van der Waals surface area contributed by atoms with Gasteiger partial charge in [-0.2, -0.15) is 0 Å². The third kappa shape index (κ3) is 5.58. The number of Topliss-reactive ketones (excluding diaryl/α,β-unsaturated/α-hetero) is 1. The van der Waals surface area contributed by atoms with Crippen LogP contribution in [0.25, 0.3) is 0 Å². The molecule has 0 fully saturated rings. The average molecular weight is 158 g/mol. The first-order valence-corrected chi connectivity index (χ1v) is 3.94. The summed E-state index contributed by atoms with van der Waals surface area (Å²) in [5.74, 6) is -1.97. The fourth-order valence-corrected chi connectivity index (χ4v) is 0.819. The van der Waals surface area contributed by atoms with Crippen molar-refractivity contribution >= 4 is 11.8 Å². The summed E-state index contributed by atoms with van der Waals surface area (Å²) in [6.45, 7) is 2.07. The van der Waals surface area contributed by atoms with Crippen LogP contribution in [0.3, 0.4) is 0 Å². The number of carboxylic acids is 1. The lowest BCUT2D eigenvalue weighted by Crippen LogP contribution is -2.11. The zero-order valence-corrected chi connectivity index (χ0v) is 6.80.